The summed E-state index contributed by atoms with van der Waals surface area (Å²) in [5.74, 6) is 0.0838. The van der Waals surface area contributed by atoms with Gasteiger partial charge in [0.25, 0.3) is 0 Å². The summed E-state index contributed by atoms with van der Waals surface area (Å²) in [6, 6.07) is 0. The number of nitrogens with one attached hydrogen (secondary N) is 1. The van der Waals surface area contributed by atoms with Crippen molar-refractivity contribution in [3.8, 4) is 0 Å². The molecule has 0 saturated heterocycles. The Kier molecular flexibility index (Phi) is 3.42. The smallest absolute Gasteiger partial charge is 0.137 e. The van der Waals surface area contributed by atoms with Crippen molar-refractivity contribution in [1.29, 1.82) is 5.41 Å². The van der Waals surface area contributed by atoms with Gasteiger partial charge in [0.15, 0.2) is 0 Å². The van der Waals surface area contributed by atoms with Crippen molar-refractivity contribution in [2.75, 3.05) is 0 Å². The zero-order valence-electron chi connectivity index (χ0n) is 5.19. The maximum absolute atomic E-state index is 6.86. The average molecular weight is 162 g/mol. The highest BCUT2D eigenvalue weighted by molar-refractivity contribution is 5.85. The Bertz CT molecular complexity index is 193. The number of hydrogen-bond acceptors (Lipinski definition) is 3. The van der Waals surface area contributed by atoms with E-state index in [4.69, 9.17) is 11.1 Å². The number of halogens is 1. The van der Waals surface area contributed by atoms with Gasteiger partial charge in [-0.15, -0.1) is 12.4 Å². The third-order valence-electron chi connectivity index (χ3n) is 0.799. The summed E-state index contributed by atoms with van der Waals surface area (Å²) in [6.45, 7) is 0.319. The van der Waals surface area contributed by atoms with Crippen molar-refractivity contribution in [1.82, 2.24) is 14.8 Å². The number of aromatic nitrogens is 3. The molecular formula is C4H8ClN5. The van der Waals surface area contributed by atoms with Crippen molar-refractivity contribution < 1.29 is 0 Å². The third kappa shape index (κ3) is 2.45. The van der Waals surface area contributed by atoms with E-state index in [0.717, 1.165) is 0 Å². The van der Waals surface area contributed by atoms with Crippen LogP contribution in [-0.2, 0) is 6.54 Å². The monoisotopic (exact) mass is 161 g/mol. The normalized spacial score (nSPS) is 8.40. The molecule has 56 valence electrons. The first kappa shape index (κ1) is 8.90. The molecule has 6 heteroatoms. The molecule has 0 amide bonds. The van der Waals surface area contributed by atoms with E-state index in [0.29, 0.717) is 6.54 Å². The molecule has 0 spiro atoms. The van der Waals surface area contributed by atoms with Gasteiger partial charge >= 0.3 is 0 Å². The van der Waals surface area contributed by atoms with Crippen LogP contribution in [0, 0.1) is 5.41 Å². The molecule has 0 aliphatic heterocycles. The van der Waals surface area contributed by atoms with Crippen LogP contribution in [0.4, 0.5) is 0 Å². The van der Waals surface area contributed by atoms with E-state index < -0.39 is 0 Å². The average Bonchev–Trinajstić information content (AvgIpc) is 2.15. The quantitative estimate of drug-likeness (QED) is 0.459. The zero-order chi connectivity index (χ0) is 6.69. The second-order valence-corrected chi connectivity index (χ2v) is 1.62. The Labute approximate surface area is 64.2 Å². The highest BCUT2D eigenvalue weighted by atomic mass is 35.5. The molecule has 0 aromatic carbocycles. The molecule has 0 saturated carbocycles. The molecule has 1 aromatic heterocycles. The van der Waals surface area contributed by atoms with Gasteiger partial charge in [-0.25, -0.2) is 9.67 Å². The van der Waals surface area contributed by atoms with Crippen LogP contribution in [0.25, 0.3) is 0 Å². The van der Waals surface area contributed by atoms with Crippen molar-refractivity contribution in [2.24, 2.45) is 5.73 Å². The topological polar surface area (TPSA) is 80.6 Å². The lowest BCUT2D eigenvalue weighted by atomic mass is 10.6. The molecule has 1 aromatic rings. The lowest BCUT2D eigenvalue weighted by Crippen LogP contribution is -2.17. The fourth-order valence-corrected chi connectivity index (χ4v) is 0.489. The molecular weight excluding hydrogens is 154 g/mol. The summed E-state index contributed by atoms with van der Waals surface area (Å²) in [5.41, 5.74) is 5.08. The predicted octanol–water partition coefficient (Wildman–Crippen LogP) is -0.364. The molecule has 0 bridgehead atoms. The number of amidine groups is 1. The number of hydrogen-bond donors (Lipinski definition) is 2. The molecule has 3 N–H and O–H groups in total. The van der Waals surface area contributed by atoms with Gasteiger partial charge in [-0.1, -0.05) is 0 Å². The van der Waals surface area contributed by atoms with E-state index >= 15 is 0 Å². The first-order valence-corrected chi connectivity index (χ1v) is 2.44. The fourth-order valence-electron chi connectivity index (χ4n) is 0.489. The van der Waals surface area contributed by atoms with Crippen molar-refractivity contribution in [3.05, 3.63) is 12.7 Å². The summed E-state index contributed by atoms with van der Waals surface area (Å²) in [5, 5.41) is 10.6. The molecule has 5 nitrogen and oxygen atoms in total. The SMILES string of the molecule is Cl.N=C(N)Cn1cncn1. The van der Waals surface area contributed by atoms with Crippen molar-refractivity contribution >= 4 is 18.2 Å². The number of nitrogens with zero attached hydrogens (tertiary/aromatic N) is 3. The van der Waals surface area contributed by atoms with Gasteiger partial charge in [0.2, 0.25) is 0 Å². The van der Waals surface area contributed by atoms with E-state index in [1.54, 1.807) is 0 Å². The van der Waals surface area contributed by atoms with Crippen LogP contribution in [0.1, 0.15) is 0 Å². The first-order valence-electron chi connectivity index (χ1n) is 2.44. The Morgan fingerprint density at radius 2 is 2.40 bits per heavy atom. The maximum Gasteiger partial charge on any atom is 0.137 e. The maximum atomic E-state index is 6.86. The fraction of sp³-hybridized carbons (Fsp3) is 0.250. The third-order valence-corrected chi connectivity index (χ3v) is 0.799. The Balaban J connectivity index is 0.000000810. The molecule has 0 atom stereocenters. The van der Waals surface area contributed by atoms with Gasteiger partial charge in [-0.2, -0.15) is 5.10 Å². The number of rotatable bonds is 2. The lowest BCUT2D eigenvalue weighted by molar-refractivity contribution is 0.716. The van der Waals surface area contributed by atoms with Gasteiger partial charge in [0.1, 0.15) is 18.5 Å². The summed E-state index contributed by atoms with van der Waals surface area (Å²) in [4.78, 5) is 3.67. The van der Waals surface area contributed by atoms with Crippen LogP contribution in [0.15, 0.2) is 12.7 Å². The summed E-state index contributed by atoms with van der Waals surface area (Å²) in [7, 11) is 0. The van der Waals surface area contributed by atoms with E-state index in [9.17, 15) is 0 Å². The molecule has 0 unspecified atom stereocenters. The van der Waals surface area contributed by atoms with Gasteiger partial charge in [0.05, 0.1) is 6.54 Å². The van der Waals surface area contributed by atoms with Crippen molar-refractivity contribution in [2.45, 2.75) is 6.54 Å². The standard InChI is InChI=1S/C4H7N5.ClH/c5-4(6)1-9-3-7-2-8-9;/h2-3H,1H2,(H3,5,6);1H. The summed E-state index contributed by atoms with van der Waals surface area (Å²) >= 11 is 0. The highest BCUT2D eigenvalue weighted by Crippen LogP contribution is 1.76. The van der Waals surface area contributed by atoms with Crippen molar-refractivity contribution in [3.63, 3.8) is 0 Å². The van der Waals surface area contributed by atoms with E-state index in [-0.39, 0.29) is 18.2 Å². The predicted molar refractivity (Wildman–Crippen MR) is 39.2 cm³/mol. The summed E-state index contributed by atoms with van der Waals surface area (Å²) in [6.07, 6.45) is 2.92. The molecule has 1 rings (SSSR count). The Hall–Kier alpha value is -1.10. The minimum absolute atomic E-state index is 0. The Morgan fingerprint density at radius 1 is 1.70 bits per heavy atom. The first-order chi connectivity index (χ1) is 4.29. The molecule has 0 aliphatic rings. The molecule has 1 heterocycles. The molecule has 0 radical (unpaired) electrons. The van der Waals surface area contributed by atoms with Crippen LogP contribution in [0.3, 0.4) is 0 Å². The lowest BCUT2D eigenvalue weighted by Gasteiger charge is -1.94. The second-order valence-electron chi connectivity index (χ2n) is 1.62. The van der Waals surface area contributed by atoms with E-state index in [1.807, 2.05) is 0 Å². The minimum atomic E-state index is 0. The number of nitrogens with two attached hydrogens (primary N) is 1. The minimum Gasteiger partial charge on any atom is -0.386 e. The van der Waals surface area contributed by atoms with Gasteiger partial charge < -0.3 is 5.73 Å². The highest BCUT2D eigenvalue weighted by Gasteiger charge is 1.90. The van der Waals surface area contributed by atoms with Gasteiger partial charge in [-0.3, -0.25) is 5.41 Å². The summed E-state index contributed by atoms with van der Waals surface area (Å²) < 4.78 is 1.49. The zero-order valence-corrected chi connectivity index (χ0v) is 6.01. The van der Waals surface area contributed by atoms with Gasteiger partial charge in [0, 0.05) is 0 Å². The van der Waals surface area contributed by atoms with Gasteiger partial charge in [-0.05, 0) is 0 Å². The van der Waals surface area contributed by atoms with Crippen LogP contribution >= 0.6 is 12.4 Å². The Morgan fingerprint density at radius 3 is 2.80 bits per heavy atom. The van der Waals surface area contributed by atoms with Crippen LogP contribution < -0.4 is 5.73 Å². The van der Waals surface area contributed by atoms with Crippen LogP contribution in [0.2, 0.25) is 0 Å². The van der Waals surface area contributed by atoms with Crippen LogP contribution in [0.5, 0.6) is 0 Å². The molecule has 0 fully saturated rings. The second kappa shape index (κ2) is 3.84. The van der Waals surface area contributed by atoms with E-state index in [1.165, 1.54) is 17.3 Å². The molecule has 0 aliphatic carbocycles. The van der Waals surface area contributed by atoms with E-state index in [2.05, 4.69) is 10.1 Å². The molecule has 10 heavy (non-hydrogen) atoms. The largest absolute Gasteiger partial charge is 0.386 e. The van der Waals surface area contributed by atoms with Crippen LogP contribution in [-0.4, -0.2) is 20.6 Å².